The maximum Gasteiger partial charge on any atom is 0.0604 e. The van der Waals surface area contributed by atoms with E-state index in [-0.39, 0.29) is 0 Å². The molecular weight excluding hydrogens is 374 g/mol. The highest BCUT2D eigenvalue weighted by molar-refractivity contribution is 9.10. The zero-order valence-electron chi connectivity index (χ0n) is 10.4. The van der Waals surface area contributed by atoms with Gasteiger partial charge in [0.15, 0.2) is 0 Å². The summed E-state index contributed by atoms with van der Waals surface area (Å²) in [6, 6.07) is 11.2. The molecule has 0 saturated heterocycles. The van der Waals surface area contributed by atoms with E-state index in [1.54, 1.807) is 11.3 Å². The molecule has 1 aromatic heterocycles. The number of rotatable bonds is 4. The smallest absolute Gasteiger partial charge is 0.0604 e. The molecular formula is C14H15Br2NS. The van der Waals surface area contributed by atoms with Crippen LogP contribution in [0.5, 0.6) is 0 Å². The zero-order valence-corrected chi connectivity index (χ0v) is 14.3. The molecule has 1 atom stereocenters. The van der Waals surface area contributed by atoms with Crippen LogP contribution in [0.1, 0.15) is 23.4 Å². The molecule has 2 aromatic rings. The van der Waals surface area contributed by atoms with Crippen molar-refractivity contribution >= 4 is 48.9 Å². The maximum absolute atomic E-state index is 3.66. The second-order valence-corrected chi connectivity index (χ2v) is 6.62. The largest absolute Gasteiger partial charge is 0.366 e. The molecule has 4 heteroatoms. The van der Waals surface area contributed by atoms with Crippen molar-refractivity contribution in [1.82, 2.24) is 0 Å². The number of alkyl halides is 1. The van der Waals surface area contributed by atoms with E-state index in [4.69, 9.17) is 0 Å². The van der Waals surface area contributed by atoms with Gasteiger partial charge in [-0.2, -0.15) is 0 Å². The van der Waals surface area contributed by atoms with Gasteiger partial charge in [0, 0.05) is 21.7 Å². The van der Waals surface area contributed by atoms with Crippen LogP contribution in [0.25, 0.3) is 0 Å². The first kappa shape index (κ1) is 14.1. The molecule has 0 amide bonds. The lowest BCUT2D eigenvalue weighted by molar-refractivity contribution is 0.752. The molecule has 1 unspecified atom stereocenters. The lowest BCUT2D eigenvalue weighted by Gasteiger charge is -2.27. The van der Waals surface area contributed by atoms with Gasteiger partial charge in [0.05, 0.1) is 11.7 Å². The highest BCUT2D eigenvalue weighted by atomic mass is 79.9. The Morgan fingerprint density at radius 2 is 2.11 bits per heavy atom. The van der Waals surface area contributed by atoms with E-state index in [9.17, 15) is 0 Å². The molecule has 18 heavy (non-hydrogen) atoms. The second kappa shape index (κ2) is 6.22. The topological polar surface area (TPSA) is 3.24 Å². The summed E-state index contributed by atoms with van der Waals surface area (Å²) < 4.78 is 1.14. The normalized spacial score (nSPS) is 12.4. The first-order valence-electron chi connectivity index (χ1n) is 5.74. The molecule has 0 spiro atoms. The van der Waals surface area contributed by atoms with Crippen LogP contribution < -0.4 is 4.90 Å². The SMILES string of the molecule is CC(c1cccs1)N(C)c1ccc(CBr)cc1Br. The van der Waals surface area contributed by atoms with Gasteiger partial charge in [0.1, 0.15) is 0 Å². The molecule has 1 aromatic carbocycles. The minimum absolute atomic E-state index is 0.385. The van der Waals surface area contributed by atoms with Gasteiger partial charge in [0.25, 0.3) is 0 Å². The Kier molecular flexibility index (Phi) is 4.87. The molecule has 0 aliphatic heterocycles. The van der Waals surface area contributed by atoms with Crippen LogP contribution in [0.2, 0.25) is 0 Å². The van der Waals surface area contributed by atoms with E-state index < -0.39 is 0 Å². The third-order valence-corrected chi connectivity index (χ3v) is 5.41. The molecule has 96 valence electrons. The molecule has 0 aliphatic rings. The van der Waals surface area contributed by atoms with Crippen molar-refractivity contribution < 1.29 is 0 Å². The van der Waals surface area contributed by atoms with Crippen LogP contribution in [0.15, 0.2) is 40.2 Å². The Bertz CT molecular complexity index is 511. The Morgan fingerprint density at radius 1 is 1.33 bits per heavy atom. The number of hydrogen-bond donors (Lipinski definition) is 0. The maximum atomic E-state index is 3.66. The van der Waals surface area contributed by atoms with Gasteiger partial charge in [-0.1, -0.05) is 28.1 Å². The van der Waals surface area contributed by atoms with Gasteiger partial charge >= 0.3 is 0 Å². The quantitative estimate of drug-likeness (QED) is 0.616. The van der Waals surface area contributed by atoms with Crippen LogP contribution in [0, 0.1) is 0 Å². The standard InChI is InChI=1S/C14H15Br2NS/c1-10(14-4-3-7-18-14)17(2)13-6-5-11(9-15)8-12(13)16/h3-8,10H,9H2,1-2H3. The number of benzene rings is 1. The highest BCUT2D eigenvalue weighted by Crippen LogP contribution is 2.33. The fourth-order valence-electron chi connectivity index (χ4n) is 1.85. The summed E-state index contributed by atoms with van der Waals surface area (Å²) in [5.74, 6) is 0. The Balaban J connectivity index is 2.26. The highest BCUT2D eigenvalue weighted by Gasteiger charge is 2.15. The summed E-state index contributed by atoms with van der Waals surface area (Å²) in [5.41, 5.74) is 2.50. The summed E-state index contributed by atoms with van der Waals surface area (Å²) in [7, 11) is 2.14. The molecule has 0 radical (unpaired) electrons. The van der Waals surface area contributed by atoms with Crippen LogP contribution in [-0.2, 0) is 5.33 Å². The average molecular weight is 389 g/mol. The number of nitrogens with zero attached hydrogens (tertiary/aromatic N) is 1. The molecule has 2 rings (SSSR count). The van der Waals surface area contributed by atoms with Crippen LogP contribution in [0.3, 0.4) is 0 Å². The molecule has 0 fully saturated rings. The van der Waals surface area contributed by atoms with Gasteiger partial charge < -0.3 is 4.90 Å². The molecule has 0 bridgehead atoms. The lowest BCUT2D eigenvalue weighted by Crippen LogP contribution is -2.21. The van der Waals surface area contributed by atoms with Gasteiger partial charge in [-0.25, -0.2) is 0 Å². The number of anilines is 1. The van der Waals surface area contributed by atoms with Crippen LogP contribution in [0.4, 0.5) is 5.69 Å². The number of hydrogen-bond acceptors (Lipinski definition) is 2. The minimum atomic E-state index is 0.385. The van der Waals surface area contributed by atoms with E-state index >= 15 is 0 Å². The molecule has 1 nitrogen and oxygen atoms in total. The van der Waals surface area contributed by atoms with Crippen molar-refractivity contribution in [2.45, 2.75) is 18.3 Å². The van der Waals surface area contributed by atoms with Crippen molar-refractivity contribution in [2.75, 3.05) is 11.9 Å². The van der Waals surface area contributed by atoms with Crippen molar-refractivity contribution in [1.29, 1.82) is 0 Å². The fraction of sp³-hybridized carbons (Fsp3) is 0.286. The summed E-state index contributed by atoms with van der Waals surface area (Å²) in [4.78, 5) is 3.68. The fourth-order valence-corrected chi connectivity index (χ4v) is 3.73. The number of halogens is 2. The van der Waals surface area contributed by atoms with E-state index in [1.165, 1.54) is 16.1 Å². The van der Waals surface area contributed by atoms with Gasteiger partial charge in [-0.15, -0.1) is 11.3 Å². The van der Waals surface area contributed by atoms with Crippen LogP contribution in [-0.4, -0.2) is 7.05 Å². The van der Waals surface area contributed by atoms with Crippen molar-refractivity contribution in [3.63, 3.8) is 0 Å². The second-order valence-electron chi connectivity index (χ2n) is 4.22. The van der Waals surface area contributed by atoms with E-state index in [0.717, 1.165) is 9.80 Å². The summed E-state index contributed by atoms with van der Waals surface area (Å²) >= 11 is 8.95. The molecule has 1 heterocycles. The molecule has 0 aliphatic carbocycles. The minimum Gasteiger partial charge on any atom is -0.366 e. The lowest BCUT2D eigenvalue weighted by atomic mass is 10.2. The number of thiophene rings is 1. The van der Waals surface area contributed by atoms with Crippen LogP contribution >= 0.6 is 43.2 Å². The van der Waals surface area contributed by atoms with E-state index in [2.05, 4.69) is 86.4 Å². The first-order chi connectivity index (χ1) is 8.63. The average Bonchev–Trinajstić information content (AvgIpc) is 2.90. The van der Waals surface area contributed by atoms with E-state index in [1.807, 2.05) is 0 Å². The Labute approximate surface area is 129 Å². The zero-order chi connectivity index (χ0) is 13.1. The first-order valence-corrected chi connectivity index (χ1v) is 8.53. The Morgan fingerprint density at radius 3 is 2.67 bits per heavy atom. The summed E-state index contributed by atoms with van der Waals surface area (Å²) in [5, 5.41) is 3.01. The predicted octanol–water partition coefficient (Wildman–Crippen LogP) is 5.60. The third-order valence-electron chi connectivity index (χ3n) is 3.08. The predicted molar refractivity (Wildman–Crippen MR) is 87.9 cm³/mol. The molecule has 0 N–H and O–H groups in total. The Hall–Kier alpha value is -0.320. The van der Waals surface area contributed by atoms with Gasteiger partial charge in [-0.05, 0) is 52.0 Å². The van der Waals surface area contributed by atoms with Crippen molar-refractivity contribution in [3.05, 3.63) is 50.6 Å². The third kappa shape index (κ3) is 2.98. The summed E-state index contributed by atoms with van der Waals surface area (Å²) in [6.07, 6.45) is 0. The molecule has 0 saturated carbocycles. The monoisotopic (exact) mass is 387 g/mol. The van der Waals surface area contributed by atoms with Crippen molar-refractivity contribution in [2.24, 2.45) is 0 Å². The van der Waals surface area contributed by atoms with Gasteiger partial charge in [0.2, 0.25) is 0 Å². The van der Waals surface area contributed by atoms with Gasteiger partial charge in [-0.3, -0.25) is 0 Å². The van der Waals surface area contributed by atoms with Crippen molar-refractivity contribution in [3.8, 4) is 0 Å². The summed E-state index contributed by atoms with van der Waals surface area (Å²) in [6.45, 7) is 2.23. The van der Waals surface area contributed by atoms with E-state index in [0.29, 0.717) is 6.04 Å².